The lowest BCUT2D eigenvalue weighted by Crippen LogP contribution is -2.13. The second kappa shape index (κ2) is 6.79. The molecule has 0 unspecified atom stereocenters. The fourth-order valence-corrected chi connectivity index (χ4v) is 4.71. The number of para-hydroxylation sites is 2. The molecule has 3 aromatic rings. The van der Waals surface area contributed by atoms with Crippen LogP contribution in [0.5, 0.6) is 17.2 Å². The Bertz CT molecular complexity index is 1000. The molecule has 0 aromatic heterocycles. The lowest BCUT2D eigenvalue weighted by Gasteiger charge is -2.26. The van der Waals surface area contributed by atoms with Crippen molar-refractivity contribution in [3.63, 3.8) is 0 Å². The number of hydrogen-bond acceptors (Lipinski definition) is 4. The molecule has 1 aliphatic heterocycles. The first-order valence-electron chi connectivity index (χ1n) is 8.86. The molecule has 0 N–H and O–H groups in total. The smallest absolute Gasteiger partial charge is 0.386 e. The molecule has 0 spiro atoms. The Morgan fingerprint density at radius 1 is 0.815 bits per heavy atom. The molecule has 0 saturated carbocycles. The molecule has 3 aromatic carbocycles. The van der Waals surface area contributed by atoms with Crippen molar-refractivity contribution in [3.05, 3.63) is 88.5 Å². The van der Waals surface area contributed by atoms with Crippen LogP contribution in [0.1, 0.15) is 27.8 Å². The number of fused-ring (bicyclic) bond motifs is 2. The highest BCUT2D eigenvalue weighted by atomic mass is 31.2. The van der Waals surface area contributed by atoms with Crippen molar-refractivity contribution >= 4 is 7.82 Å². The molecule has 0 aliphatic carbocycles. The number of phosphoric ester groups is 1. The zero-order chi connectivity index (χ0) is 19.0. The van der Waals surface area contributed by atoms with Gasteiger partial charge >= 0.3 is 7.82 Å². The Kier molecular flexibility index (Phi) is 4.45. The summed E-state index contributed by atoms with van der Waals surface area (Å²) in [4.78, 5) is 0. The minimum atomic E-state index is -3.94. The largest absolute Gasteiger partial charge is 0.647 e. The Balaban J connectivity index is 1.85. The van der Waals surface area contributed by atoms with Gasteiger partial charge in [-0.15, -0.1) is 0 Å². The van der Waals surface area contributed by atoms with Crippen molar-refractivity contribution in [2.75, 3.05) is 0 Å². The fourth-order valence-electron chi connectivity index (χ4n) is 3.25. The molecule has 4 rings (SSSR count). The van der Waals surface area contributed by atoms with Gasteiger partial charge in [-0.3, -0.25) is 0 Å². The summed E-state index contributed by atoms with van der Waals surface area (Å²) in [5.41, 5.74) is 4.69. The average Bonchev–Trinajstić information content (AvgIpc) is 2.60. The predicted molar refractivity (Wildman–Crippen MR) is 106 cm³/mol. The van der Waals surface area contributed by atoms with E-state index in [2.05, 4.69) is 0 Å². The van der Waals surface area contributed by atoms with Crippen molar-refractivity contribution < 1.29 is 18.1 Å². The van der Waals surface area contributed by atoms with Gasteiger partial charge in [-0.2, -0.15) is 4.57 Å². The number of hydrogen-bond donors (Lipinski definition) is 0. The minimum Gasteiger partial charge on any atom is -0.386 e. The molecular formula is C22H21O4P. The van der Waals surface area contributed by atoms with E-state index in [-0.39, 0.29) is 0 Å². The van der Waals surface area contributed by atoms with E-state index in [0.717, 1.165) is 27.8 Å². The van der Waals surface area contributed by atoms with Gasteiger partial charge in [0.05, 0.1) is 0 Å². The normalized spacial score (nSPS) is 14.6. The van der Waals surface area contributed by atoms with Gasteiger partial charge in [0.2, 0.25) is 0 Å². The van der Waals surface area contributed by atoms with Crippen LogP contribution in [-0.4, -0.2) is 0 Å². The van der Waals surface area contributed by atoms with Crippen LogP contribution in [0.4, 0.5) is 0 Å². The molecule has 138 valence electrons. The third-order valence-electron chi connectivity index (χ3n) is 4.58. The number of aryl methyl sites for hydroxylation is 3. The molecule has 4 nitrogen and oxygen atoms in total. The van der Waals surface area contributed by atoms with Gasteiger partial charge in [0.15, 0.2) is 0 Å². The summed E-state index contributed by atoms with van der Waals surface area (Å²) in [5.74, 6) is 1.56. The Morgan fingerprint density at radius 3 is 1.93 bits per heavy atom. The Hall–Kier alpha value is -2.71. The van der Waals surface area contributed by atoms with Crippen LogP contribution >= 0.6 is 7.82 Å². The molecule has 0 atom stereocenters. The monoisotopic (exact) mass is 380 g/mol. The summed E-state index contributed by atoms with van der Waals surface area (Å²) in [6.07, 6.45) is 0.637. The maximum absolute atomic E-state index is 13.6. The van der Waals surface area contributed by atoms with E-state index in [1.807, 2.05) is 75.4 Å². The van der Waals surface area contributed by atoms with Crippen molar-refractivity contribution in [1.82, 2.24) is 0 Å². The van der Waals surface area contributed by atoms with Gasteiger partial charge in [0.25, 0.3) is 0 Å². The van der Waals surface area contributed by atoms with Gasteiger partial charge in [-0.25, -0.2) is 0 Å². The maximum Gasteiger partial charge on any atom is 0.647 e. The van der Waals surface area contributed by atoms with E-state index in [4.69, 9.17) is 13.6 Å². The van der Waals surface area contributed by atoms with Crippen molar-refractivity contribution in [1.29, 1.82) is 0 Å². The van der Waals surface area contributed by atoms with Gasteiger partial charge in [0.1, 0.15) is 17.2 Å². The van der Waals surface area contributed by atoms with Crippen molar-refractivity contribution in [2.45, 2.75) is 27.2 Å². The first kappa shape index (κ1) is 17.7. The lowest BCUT2D eigenvalue weighted by atomic mass is 9.99. The molecule has 1 aliphatic rings. The highest BCUT2D eigenvalue weighted by Gasteiger charge is 2.37. The van der Waals surface area contributed by atoms with Gasteiger partial charge < -0.3 is 13.6 Å². The highest BCUT2D eigenvalue weighted by Crippen LogP contribution is 2.54. The molecule has 0 fully saturated rings. The third-order valence-corrected chi connectivity index (χ3v) is 5.83. The van der Waals surface area contributed by atoms with Crippen LogP contribution in [0.25, 0.3) is 0 Å². The quantitative estimate of drug-likeness (QED) is 0.500. The molecule has 0 amide bonds. The van der Waals surface area contributed by atoms with E-state index < -0.39 is 7.82 Å². The molecular weight excluding hydrogens is 359 g/mol. The molecule has 1 heterocycles. The maximum atomic E-state index is 13.6. The van der Waals surface area contributed by atoms with Gasteiger partial charge in [-0.05, 0) is 60.7 Å². The summed E-state index contributed by atoms with van der Waals surface area (Å²) >= 11 is 0. The number of rotatable bonds is 2. The summed E-state index contributed by atoms with van der Waals surface area (Å²) < 4.78 is 31.3. The van der Waals surface area contributed by atoms with Crippen LogP contribution in [0, 0.1) is 20.8 Å². The van der Waals surface area contributed by atoms with Gasteiger partial charge in [-0.1, -0.05) is 48.5 Å². The van der Waals surface area contributed by atoms with E-state index in [0.29, 0.717) is 23.7 Å². The summed E-state index contributed by atoms with van der Waals surface area (Å²) in [6, 6.07) is 19.1. The van der Waals surface area contributed by atoms with Crippen molar-refractivity contribution in [3.8, 4) is 17.2 Å². The fraction of sp³-hybridized carbons (Fsp3) is 0.182. The zero-order valence-corrected chi connectivity index (χ0v) is 16.5. The first-order chi connectivity index (χ1) is 12.9. The standard InChI is InChI=1S/C22H21O4P/c1-15-7-4-12-20(13-15)24-27(23)25-21-16(2)8-5-10-18(21)14-19-11-6-9-17(3)22(19)26-27/h4-13H,14H2,1-3H3. The predicted octanol–water partition coefficient (Wildman–Crippen LogP) is 6.16. The van der Waals surface area contributed by atoms with Gasteiger partial charge in [0, 0.05) is 6.42 Å². The highest BCUT2D eigenvalue weighted by molar-refractivity contribution is 7.49. The number of benzene rings is 3. The molecule has 0 radical (unpaired) electrons. The molecule has 0 bridgehead atoms. The zero-order valence-electron chi connectivity index (χ0n) is 15.6. The van der Waals surface area contributed by atoms with Crippen molar-refractivity contribution in [2.24, 2.45) is 0 Å². The summed E-state index contributed by atoms with van der Waals surface area (Å²) in [6.45, 7) is 5.80. The van der Waals surface area contributed by atoms with E-state index in [9.17, 15) is 4.57 Å². The molecule has 5 heteroatoms. The van der Waals surface area contributed by atoms with Crippen LogP contribution in [0.15, 0.2) is 60.7 Å². The van der Waals surface area contributed by atoms with E-state index >= 15 is 0 Å². The number of phosphoric acid groups is 1. The second-order valence-corrected chi connectivity index (χ2v) is 8.28. The van der Waals surface area contributed by atoms with Crippen LogP contribution in [0.2, 0.25) is 0 Å². The Labute approximate surface area is 159 Å². The third kappa shape index (κ3) is 3.58. The molecule has 27 heavy (non-hydrogen) atoms. The SMILES string of the molecule is Cc1cccc(OP2(=O)Oc3c(C)cccc3Cc3cccc(C)c3O2)c1. The lowest BCUT2D eigenvalue weighted by molar-refractivity contribution is 0.293. The van der Waals surface area contributed by atoms with Crippen LogP contribution in [0.3, 0.4) is 0 Å². The minimum absolute atomic E-state index is 0.448. The second-order valence-electron chi connectivity index (χ2n) is 6.84. The average molecular weight is 380 g/mol. The summed E-state index contributed by atoms with van der Waals surface area (Å²) in [7, 11) is -3.94. The molecule has 0 saturated heterocycles. The topological polar surface area (TPSA) is 44.8 Å². The first-order valence-corrected chi connectivity index (χ1v) is 10.3. The van der Waals surface area contributed by atoms with Crippen LogP contribution in [-0.2, 0) is 11.0 Å². The Morgan fingerprint density at radius 2 is 1.37 bits per heavy atom. The van der Waals surface area contributed by atoms with E-state index in [1.54, 1.807) is 6.07 Å². The van der Waals surface area contributed by atoms with Crippen LogP contribution < -0.4 is 13.6 Å². The summed E-state index contributed by atoms with van der Waals surface area (Å²) in [5, 5.41) is 0. The van der Waals surface area contributed by atoms with E-state index in [1.165, 1.54) is 0 Å².